The summed E-state index contributed by atoms with van der Waals surface area (Å²) in [5.41, 5.74) is 0.775. The maximum atomic E-state index is 13.1. The van der Waals surface area contributed by atoms with Crippen molar-refractivity contribution < 1.29 is 32.6 Å². The summed E-state index contributed by atoms with van der Waals surface area (Å²) in [5, 5.41) is 11.7. The van der Waals surface area contributed by atoms with E-state index in [1.807, 2.05) is 0 Å². The van der Waals surface area contributed by atoms with Crippen LogP contribution in [0, 0.1) is 0 Å². The number of rotatable bonds is 8. The van der Waals surface area contributed by atoms with Gasteiger partial charge >= 0.3 is 0 Å². The van der Waals surface area contributed by atoms with Gasteiger partial charge in [-0.1, -0.05) is 23.7 Å². The lowest BCUT2D eigenvalue weighted by Gasteiger charge is -2.26. The maximum absolute atomic E-state index is 13.1. The van der Waals surface area contributed by atoms with E-state index in [2.05, 4.69) is 0 Å². The lowest BCUT2D eigenvalue weighted by atomic mass is 9.95. The molecule has 2 aromatic rings. The summed E-state index contributed by atoms with van der Waals surface area (Å²) in [7, 11) is -2.17. The van der Waals surface area contributed by atoms with Gasteiger partial charge in [-0.3, -0.25) is 9.59 Å². The number of sulfonamides is 1. The molecule has 0 saturated carbocycles. The average molecular weight is 535 g/mol. The van der Waals surface area contributed by atoms with Gasteiger partial charge in [0.05, 0.1) is 29.7 Å². The first-order chi connectivity index (χ1) is 17.3. The molecule has 1 unspecified atom stereocenters. The minimum absolute atomic E-state index is 0.0650. The second-order valence-electron chi connectivity index (χ2n) is 8.43. The Hall–Kier alpha value is -2.76. The Labute approximate surface area is 214 Å². The number of nitrogens with zero attached hydrogens (tertiary/aromatic N) is 2. The van der Waals surface area contributed by atoms with Crippen LogP contribution in [0.1, 0.15) is 23.6 Å². The second-order valence-corrected chi connectivity index (χ2v) is 10.8. The number of aliphatic hydroxyl groups excluding tert-OH is 1. The van der Waals surface area contributed by atoms with E-state index in [0.29, 0.717) is 36.8 Å². The molecule has 192 valence electrons. The van der Waals surface area contributed by atoms with Crippen molar-refractivity contribution in [1.82, 2.24) is 9.21 Å². The topological polar surface area (TPSA) is 113 Å². The second kappa shape index (κ2) is 11.1. The number of carbonyl (C=O) groups is 2. The zero-order chi connectivity index (χ0) is 25.9. The van der Waals surface area contributed by atoms with Gasteiger partial charge in [0, 0.05) is 43.9 Å². The Balaban J connectivity index is 1.71. The standard InChI is InChI=1S/C25H27ClN2O7S/c1-34-14-2-11-28-22(17-3-7-19(26)8-4-17)21(24(30)25(28)31)23(29)18-5-9-20(10-6-18)36(32,33)27-12-15-35-16-13-27/h3-10,22,29H,2,11-16H2,1H3/b23-21-. The molecule has 1 amide bonds. The summed E-state index contributed by atoms with van der Waals surface area (Å²) in [6.45, 7) is 1.82. The molecule has 2 aliphatic heterocycles. The van der Waals surface area contributed by atoms with Crippen molar-refractivity contribution >= 4 is 39.1 Å². The number of methoxy groups -OCH3 is 1. The predicted octanol–water partition coefficient (Wildman–Crippen LogP) is 2.82. The third-order valence-electron chi connectivity index (χ3n) is 6.21. The molecule has 0 spiro atoms. The van der Waals surface area contributed by atoms with Crippen molar-refractivity contribution in [2.24, 2.45) is 0 Å². The molecule has 2 heterocycles. The average Bonchev–Trinajstić information content (AvgIpc) is 3.14. The summed E-state index contributed by atoms with van der Waals surface area (Å²) in [6.07, 6.45) is 0.502. The molecule has 9 nitrogen and oxygen atoms in total. The maximum Gasteiger partial charge on any atom is 0.295 e. The van der Waals surface area contributed by atoms with Gasteiger partial charge in [0.15, 0.2) is 0 Å². The summed E-state index contributed by atoms with van der Waals surface area (Å²) in [6, 6.07) is 11.5. The molecule has 1 atom stereocenters. The van der Waals surface area contributed by atoms with Crippen LogP contribution in [0.4, 0.5) is 0 Å². The van der Waals surface area contributed by atoms with E-state index in [-0.39, 0.29) is 41.4 Å². The lowest BCUT2D eigenvalue weighted by Crippen LogP contribution is -2.40. The highest BCUT2D eigenvalue weighted by molar-refractivity contribution is 7.89. The molecule has 0 radical (unpaired) electrons. The van der Waals surface area contributed by atoms with Crippen LogP contribution in [0.5, 0.6) is 0 Å². The molecule has 1 N–H and O–H groups in total. The van der Waals surface area contributed by atoms with Crippen molar-refractivity contribution in [3.8, 4) is 0 Å². The molecule has 2 aromatic carbocycles. The molecule has 0 aliphatic carbocycles. The summed E-state index contributed by atoms with van der Waals surface area (Å²) in [5.74, 6) is -1.91. The van der Waals surface area contributed by atoms with Crippen LogP contribution in [-0.2, 0) is 29.1 Å². The highest BCUT2D eigenvalue weighted by atomic mass is 35.5. The molecular weight excluding hydrogens is 508 g/mol. The number of hydrogen-bond donors (Lipinski definition) is 1. The highest BCUT2D eigenvalue weighted by Crippen LogP contribution is 2.39. The van der Waals surface area contributed by atoms with Crippen molar-refractivity contribution in [3.05, 3.63) is 70.3 Å². The smallest absolute Gasteiger partial charge is 0.295 e. The monoisotopic (exact) mass is 534 g/mol. The Morgan fingerprint density at radius 3 is 2.33 bits per heavy atom. The number of Topliss-reactive ketones (excluding diaryl/α,β-unsaturated/α-hetero) is 1. The van der Waals surface area contributed by atoms with E-state index in [9.17, 15) is 23.1 Å². The molecule has 11 heteroatoms. The molecular formula is C25H27ClN2O7S. The SMILES string of the molecule is COCCCN1C(=O)C(=O)/C(=C(\O)c2ccc(S(=O)(=O)N3CCOCC3)cc2)C1c1ccc(Cl)cc1. The molecule has 4 rings (SSSR count). The number of aliphatic hydroxyl groups is 1. The third-order valence-corrected chi connectivity index (χ3v) is 8.37. The van der Waals surface area contributed by atoms with Crippen LogP contribution in [0.25, 0.3) is 5.76 Å². The zero-order valence-electron chi connectivity index (χ0n) is 19.7. The fraction of sp³-hybridized carbons (Fsp3) is 0.360. The van der Waals surface area contributed by atoms with Crippen LogP contribution >= 0.6 is 11.6 Å². The van der Waals surface area contributed by atoms with Crippen molar-refractivity contribution in [3.63, 3.8) is 0 Å². The Morgan fingerprint density at radius 2 is 1.72 bits per heavy atom. The zero-order valence-corrected chi connectivity index (χ0v) is 21.3. The normalized spacial score (nSPS) is 20.7. The first-order valence-corrected chi connectivity index (χ1v) is 13.3. The predicted molar refractivity (Wildman–Crippen MR) is 133 cm³/mol. The number of halogens is 1. The van der Waals surface area contributed by atoms with Gasteiger partial charge in [-0.05, 0) is 48.4 Å². The number of morpholine rings is 1. The van der Waals surface area contributed by atoms with Crippen LogP contribution < -0.4 is 0 Å². The van der Waals surface area contributed by atoms with E-state index >= 15 is 0 Å². The Morgan fingerprint density at radius 1 is 1.08 bits per heavy atom. The van der Waals surface area contributed by atoms with E-state index < -0.39 is 27.8 Å². The largest absolute Gasteiger partial charge is 0.507 e. The first-order valence-electron chi connectivity index (χ1n) is 11.5. The fourth-order valence-corrected chi connectivity index (χ4v) is 5.89. The van der Waals surface area contributed by atoms with Crippen LogP contribution in [0.15, 0.2) is 59.0 Å². The van der Waals surface area contributed by atoms with E-state index in [1.165, 1.54) is 33.5 Å². The first kappa shape index (κ1) is 26.3. The number of ketones is 1. The van der Waals surface area contributed by atoms with E-state index in [1.54, 1.807) is 31.4 Å². The lowest BCUT2D eigenvalue weighted by molar-refractivity contribution is -0.140. The number of likely N-dealkylation sites (tertiary alicyclic amines) is 1. The van der Waals surface area contributed by atoms with Crippen LogP contribution in [0.2, 0.25) is 5.02 Å². The van der Waals surface area contributed by atoms with Gasteiger partial charge in [-0.15, -0.1) is 0 Å². The van der Waals surface area contributed by atoms with Crippen molar-refractivity contribution in [2.75, 3.05) is 46.6 Å². The number of amides is 1. The quantitative estimate of drug-likeness (QED) is 0.240. The van der Waals surface area contributed by atoms with E-state index in [4.69, 9.17) is 21.1 Å². The summed E-state index contributed by atoms with van der Waals surface area (Å²) >= 11 is 6.03. The van der Waals surface area contributed by atoms with E-state index in [0.717, 1.165) is 0 Å². The highest BCUT2D eigenvalue weighted by Gasteiger charge is 2.45. The van der Waals surface area contributed by atoms with Crippen LogP contribution in [0.3, 0.4) is 0 Å². The third kappa shape index (κ3) is 5.18. The molecule has 2 fully saturated rings. The summed E-state index contributed by atoms with van der Waals surface area (Å²) in [4.78, 5) is 27.5. The molecule has 2 aliphatic rings. The number of ether oxygens (including phenoxy) is 2. The van der Waals surface area contributed by atoms with Crippen molar-refractivity contribution in [2.45, 2.75) is 17.4 Å². The molecule has 0 bridgehead atoms. The van der Waals surface area contributed by atoms with Crippen molar-refractivity contribution in [1.29, 1.82) is 0 Å². The Kier molecular flexibility index (Phi) is 8.11. The minimum atomic E-state index is -3.72. The van der Waals surface area contributed by atoms with Gasteiger partial charge in [-0.25, -0.2) is 8.42 Å². The number of hydrogen-bond acceptors (Lipinski definition) is 7. The molecule has 2 saturated heterocycles. The van der Waals surface area contributed by atoms with Gasteiger partial charge in [0.2, 0.25) is 10.0 Å². The minimum Gasteiger partial charge on any atom is -0.507 e. The van der Waals surface area contributed by atoms with Gasteiger partial charge in [-0.2, -0.15) is 4.31 Å². The van der Waals surface area contributed by atoms with Gasteiger partial charge in [0.1, 0.15) is 5.76 Å². The summed E-state index contributed by atoms with van der Waals surface area (Å²) < 4.78 is 37.5. The molecule has 0 aromatic heterocycles. The van der Waals surface area contributed by atoms with Gasteiger partial charge in [0.25, 0.3) is 11.7 Å². The van der Waals surface area contributed by atoms with Crippen LogP contribution in [-0.4, -0.2) is 81.0 Å². The molecule has 36 heavy (non-hydrogen) atoms. The fourth-order valence-electron chi connectivity index (χ4n) is 4.36. The van der Waals surface area contributed by atoms with Gasteiger partial charge < -0.3 is 19.5 Å². The number of benzene rings is 2. The number of carbonyl (C=O) groups excluding carboxylic acids is 2. The Bertz CT molecular complexity index is 1250.